The molecule has 1 saturated heterocycles. The van der Waals surface area contributed by atoms with E-state index in [0.29, 0.717) is 11.8 Å². The van der Waals surface area contributed by atoms with E-state index in [2.05, 4.69) is 10.2 Å². The van der Waals surface area contributed by atoms with Gasteiger partial charge in [0.25, 0.3) is 0 Å². The van der Waals surface area contributed by atoms with Gasteiger partial charge in [0.2, 0.25) is 5.91 Å². The van der Waals surface area contributed by atoms with E-state index < -0.39 is 0 Å². The highest BCUT2D eigenvalue weighted by atomic mass is 35.5. The third kappa shape index (κ3) is 3.10. The summed E-state index contributed by atoms with van der Waals surface area (Å²) in [4.78, 5) is 15.6. The van der Waals surface area contributed by atoms with Gasteiger partial charge < -0.3 is 10.2 Å². The summed E-state index contributed by atoms with van der Waals surface area (Å²) in [6, 6.07) is 0. The van der Waals surface area contributed by atoms with Crippen molar-refractivity contribution in [1.82, 2.24) is 10.2 Å². The number of amides is 1. The summed E-state index contributed by atoms with van der Waals surface area (Å²) >= 11 is 0. The minimum absolute atomic E-state index is 0. The number of rotatable bonds is 5. The van der Waals surface area contributed by atoms with Crippen molar-refractivity contribution in [3.8, 4) is 0 Å². The maximum atomic E-state index is 13.3. The van der Waals surface area contributed by atoms with E-state index in [-0.39, 0.29) is 17.8 Å². The number of fused-ring (bicyclic) bond motifs is 1. The van der Waals surface area contributed by atoms with E-state index >= 15 is 0 Å². The monoisotopic (exact) mass is 312 g/mol. The van der Waals surface area contributed by atoms with Crippen LogP contribution in [-0.2, 0) is 4.79 Å². The van der Waals surface area contributed by atoms with Gasteiger partial charge in [-0.1, -0.05) is 12.8 Å². The predicted octanol–water partition coefficient (Wildman–Crippen LogP) is 2.84. The number of nitrogens with one attached hydrogen (secondary N) is 1. The number of hydrogen-bond donors (Lipinski definition) is 1. The van der Waals surface area contributed by atoms with Gasteiger partial charge in [-0.05, 0) is 62.8 Å². The average molecular weight is 313 g/mol. The van der Waals surface area contributed by atoms with Gasteiger partial charge in [-0.3, -0.25) is 4.79 Å². The zero-order valence-corrected chi connectivity index (χ0v) is 13.8. The van der Waals surface area contributed by atoms with Crippen LogP contribution in [0.4, 0.5) is 0 Å². The van der Waals surface area contributed by atoms with Crippen molar-refractivity contribution in [3.63, 3.8) is 0 Å². The molecule has 4 aliphatic rings. The molecule has 0 bridgehead atoms. The molecule has 21 heavy (non-hydrogen) atoms. The summed E-state index contributed by atoms with van der Waals surface area (Å²) in [5.74, 6) is 2.78. The molecular formula is C17H29ClN2O. The van der Waals surface area contributed by atoms with Crippen molar-refractivity contribution in [2.75, 3.05) is 26.2 Å². The molecule has 0 aromatic carbocycles. The molecule has 3 nitrogen and oxygen atoms in total. The van der Waals surface area contributed by atoms with Gasteiger partial charge in [0, 0.05) is 19.6 Å². The average Bonchev–Trinajstić information content (AvgIpc) is 3.38. The Morgan fingerprint density at radius 1 is 1.05 bits per heavy atom. The Labute approximate surface area is 134 Å². The second-order valence-electron chi connectivity index (χ2n) is 7.83. The highest BCUT2D eigenvalue weighted by molar-refractivity contribution is 5.85. The first-order valence-corrected chi connectivity index (χ1v) is 8.78. The molecule has 2 atom stereocenters. The molecule has 4 fully saturated rings. The lowest BCUT2D eigenvalue weighted by molar-refractivity contribution is -0.146. The standard InChI is InChI=1S/C17H28N2O.ClH/c20-16(17-8-2-1-3-15(17)9-18-12-17)19(10-13-4-5-13)11-14-6-7-14;/h13-15,18H,1-12H2;1H/t15-,17+;/m0./s1. The van der Waals surface area contributed by atoms with Crippen molar-refractivity contribution < 1.29 is 4.79 Å². The Morgan fingerprint density at radius 2 is 1.71 bits per heavy atom. The SMILES string of the molecule is Cl.O=C(N(CC1CC1)CC1CC1)[C@@]12CCCC[C@H]1CNC2. The van der Waals surface area contributed by atoms with Gasteiger partial charge in [0.1, 0.15) is 0 Å². The predicted molar refractivity (Wildman–Crippen MR) is 86.5 cm³/mol. The normalized spacial score (nSPS) is 35.0. The smallest absolute Gasteiger partial charge is 0.230 e. The lowest BCUT2D eigenvalue weighted by Crippen LogP contribution is -2.50. The van der Waals surface area contributed by atoms with E-state index in [1.807, 2.05) is 0 Å². The topological polar surface area (TPSA) is 32.3 Å². The first kappa shape index (κ1) is 15.6. The largest absolute Gasteiger partial charge is 0.342 e. The molecule has 3 aliphatic carbocycles. The molecule has 4 heteroatoms. The van der Waals surface area contributed by atoms with E-state index in [1.54, 1.807) is 0 Å². The summed E-state index contributed by atoms with van der Waals surface area (Å²) in [6.07, 6.45) is 10.4. The molecule has 0 aromatic rings. The maximum absolute atomic E-state index is 13.3. The van der Waals surface area contributed by atoms with Crippen molar-refractivity contribution >= 4 is 18.3 Å². The molecule has 0 aromatic heterocycles. The van der Waals surface area contributed by atoms with Crippen LogP contribution < -0.4 is 5.32 Å². The summed E-state index contributed by atoms with van der Waals surface area (Å²) in [6.45, 7) is 4.14. The molecule has 1 aliphatic heterocycles. The van der Waals surface area contributed by atoms with E-state index in [9.17, 15) is 4.79 Å². The summed E-state index contributed by atoms with van der Waals surface area (Å²) < 4.78 is 0. The van der Waals surface area contributed by atoms with Gasteiger partial charge in [-0.25, -0.2) is 0 Å². The Morgan fingerprint density at radius 3 is 2.33 bits per heavy atom. The van der Waals surface area contributed by atoms with Gasteiger partial charge >= 0.3 is 0 Å². The lowest BCUT2D eigenvalue weighted by Gasteiger charge is -2.41. The van der Waals surface area contributed by atoms with Gasteiger partial charge in [-0.2, -0.15) is 0 Å². The second kappa shape index (κ2) is 6.08. The molecule has 3 saturated carbocycles. The minimum atomic E-state index is -0.0258. The molecule has 1 amide bonds. The third-order valence-corrected chi connectivity index (χ3v) is 6.10. The van der Waals surface area contributed by atoms with Crippen LogP contribution in [0.25, 0.3) is 0 Å². The molecule has 4 rings (SSSR count). The lowest BCUT2D eigenvalue weighted by atomic mass is 9.67. The minimum Gasteiger partial charge on any atom is -0.342 e. The van der Waals surface area contributed by atoms with E-state index in [0.717, 1.165) is 44.4 Å². The number of hydrogen-bond acceptors (Lipinski definition) is 2. The molecule has 0 radical (unpaired) electrons. The molecule has 1 N–H and O–H groups in total. The van der Waals surface area contributed by atoms with Crippen LogP contribution in [0.2, 0.25) is 0 Å². The van der Waals surface area contributed by atoms with E-state index in [4.69, 9.17) is 0 Å². The fraction of sp³-hybridized carbons (Fsp3) is 0.941. The summed E-state index contributed by atoms with van der Waals surface area (Å²) in [7, 11) is 0. The fourth-order valence-electron chi connectivity index (χ4n) is 4.45. The van der Waals surface area contributed by atoms with Gasteiger partial charge in [0.15, 0.2) is 0 Å². The van der Waals surface area contributed by atoms with Crippen LogP contribution in [0.15, 0.2) is 0 Å². The zero-order chi connectivity index (χ0) is 13.6. The number of nitrogens with zero attached hydrogens (tertiary/aromatic N) is 1. The summed E-state index contributed by atoms with van der Waals surface area (Å²) in [5, 5.41) is 3.53. The zero-order valence-electron chi connectivity index (χ0n) is 13.0. The quantitative estimate of drug-likeness (QED) is 0.846. The number of carbonyl (C=O) groups is 1. The molecule has 120 valence electrons. The molecular weight excluding hydrogens is 284 g/mol. The molecule has 1 heterocycles. The van der Waals surface area contributed by atoms with Crippen molar-refractivity contribution in [2.24, 2.45) is 23.2 Å². The van der Waals surface area contributed by atoms with Crippen LogP contribution in [0.1, 0.15) is 51.4 Å². The Kier molecular flexibility index (Phi) is 4.52. The Hall–Kier alpha value is -0.280. The first-order chi connectivity index (χ1) is 9.78. The van der Waals surface area contributed by atoms with Crippen LogP contribution >= 0.6 is 12.4 Å². The summed E-state index contributed by atoms with van der Waals surface area (Å²) in [5.41, 5.74) is -0.0258. The van der Waals surface area contributed by atoms with Gasteiger partial charge in [-0.15, -0.1) is 12.4 Å². The van der Waals surface area contributed by atoms with Crippen molar-refractivity contribution in [3.05, 3.63) is 0 Å². The second-order valence-corrected chi connectivity index (χ2v) is 7.83. The van der Waals surface area contributed by atoms with Crippen LogP contribution in [0, 0.1) is 23.2 Å². The highest BCUT2D eigenvalue weighted by Crippen LogP contribution is 2.46. The van der Waals surface area contributed by atoms with Crippen molar-refractivity contribution in [1.29, 1.82) is 0 Å². The molecule has 0 unspecified atom stereocenters. The third-order valence-electron chi connectivity index (χ3n) is 6.10. The molecule has 0 spiro atoms. The Bertz CT molecular complexity index is 380. The van der Waals surface area contributed by atoms with Crippen LogP contribution in [-0.4, -0.2) is 37.0 Å². The highest BCUT2D eigenvalue weighted by Gasteiger charge is 2.52. The first-order valence-electron chi connectivity index (χ1n) is 8.78. The number of carbonyl (C=O) groups excluding carboxylic acids is 1. The van der Waals surface area contributed by atoms with Gasteiger partial charge in [0.05, 0.1) is 5.41 Å². The van der Waals surface area contributed by atoms with E-state index in [1.165, 1.54) is 44.9 Å². The maximum Gasteiger partial charge on any atom is 0.230 e. The van der Waals surface area contributed by atoms with Crippen molar-refractivity contribution in [2.45, 2.75) is 51.4 Å². The Balaban J connectivity index is 0.00000132. The van der Waals surface area contributed by atoms with Crippen LogP contribution in [0.5, 0.6) is 0 Å². The fourth-order valence-corrected chi connectivity index (χ4v) is 4.45. The van der Waals surface area contributed by atoms with Crippen LogP contribution in [0.3, 0.4) is 0 Å². The number of halogens is 1.